The first-order valence-electron chi connectivity index (χ1n) is 6.70. The Morgan fingerprint density at radius 3 is 2.00 bits per heavy atom. The number of carbonyl (C=O) groups is 3. The van der Waals surface area contributed by atoms with Gasteiger partial charge in [-0.2, -0.15) is 0 Å². The van der Waals surface area contributed by atoms with Gasteiger partial charge in [0, 0.05) is 6.54 Å². The molecule has 0 radical (unpaired) electrons. The molecule has 0 heterocycles. The summed E-state index contributed by atoms with van der Waals surface area (Å²) in [6, 6.07) is 0. The lowest BCUT2D eigenvalue weighted by Gasteiger charge is -2.11. The van der Waals surface area contributed by atoms with E-state index in [4.69, 9.17) is 5.73 Å². The summed E-state index contributed by atoms with van der Waals surface area (Å²) in [4.78, 5) is 33.9. The third-order valence-corrected chi connectivity index (χ3v) is 2.71. The maximum atomic E-state index is 11.6. The molecule has 0 aromatic carbocycles. The SMILES string of the molecule is CC(=O)C(C(C)=O)C(=O)NCCCCNCCCN. The number of hydrogen-bond donors (Lipinski definition) is 3. The highest BCUT2D eigenvalue weighted by atomic mass is 16.2. The van der Waals surface area contributed by atoms with Crippen LogP contribution in [-0.2, 0) is 14.4 Å². The smallest absolute Gasteiger partial charge is 0.238 e. The molecule has 110 valence electrons. The van der Waals surface area contributed by atoms with Crippen LogP contribution in [-0.4, -0.2) is 43.7 Å². The van der Waals surface area contributed by atoms with Gasteiger partial charge in [-0.3, -0.25) is 14.4 Å². The first-order valence-corrected chi connectivity index (χ1v) is 6.70. The number of unbranched alkanes of at least 4 members (excludes halogenated alkanes) is 1. The molecule has 0 aliphatic heterocycles. The molecule has 19 heavy (non-hydrogen) atoms. The Kier molecular flexibility index (Phi) is 9.92. The molecule has 0 atom stereocenters. The number of carbonyl (C=O) groups excluding carboxylic acids is 3. The summed E-state index contributed by atoms with van der Waals surface area (Å²) in [5.41, 5.74) is 5.36. The van der Waals surface area contributed by atoms with E-state index >= 15 is 0 Å². The van der Waals surface area contributed by atoms with E-state index in [0.29, 0.717) is 13.1 Å². The molecule has 0 bridgehead atoms. The first kappa shape index (κ1) is 17.7. The minimum Gasteiger partial charge on any atom is -0.355 e. The number of Topliss-reactive ketones (excluding diaryl/α,β-unsaturated/α-hetero) is 2. The second-order valence-electron chi connectivity index (χ2n) is 4.54. The van der Waals surface area contributed by atoms with Gasteiger partial charge >= 0.3 is 0 Å². The predicted octanol–water partition coefficient (Wildman–Crippen LogP) is -0.385. The van der Waals surface area contributed by atoms with Crippen molar-refractivity contribution in [3.8, 4) is 0 Å². The highest BCUT2D eigenvalue weighted by Gasteiger charge is 2.27. The molecular weight excluding hydrogens is 246 g/mol. The standard InChI is InChI=1S/C13H25N3O3/c1-10(17)12(11(2)18)13(19)16-9-4-3-7-15-8-5-6-14/h12,15H,3-9,14H2,1-2H3,(H,16,19). The summed E-state index contributed by atoms with van der Waals surface area (Å²) >= 11 is 0. The van der Waals surface area contributed by atoms with E-state index in [0.717, 1.165) is 32.4 Å². The van der Waals surface area contributed by atoms with Crippen LogP contribution in [0.25, 0.3) is 0 Å². The Hall–Kier alpha value is -1.27. The summed E-state index contributed by atoms with van der Waals surface area (Å²) in [6.45, 7) is 5.45. The van der Waals surface area contributed by atoms with Gasteiger partial charge in [-0.05, 0) is 52.7 Å². The Balaban J connectivity index is 3.68. The molecule has 6 nitrogen and oxygen atoms in total. The summed E-state index contributed by atoms with van der Waals surface area (Å²) in [5, 5.41) is 5.85. The number of ketones is 2. The van der Waals surface area contributed by atoms with Crippen molar-refractivity contribution in [3.63, 3.8) is 0 Å². The van der Waals surface area contributed by atoms with Crippen molar-refractivity contribution in [2.75, 3.05) is 26.2 Å². The zero-order valence-electron chi connectivity index (χ0n) is 11.8. The number of amides is 1. The normalized spacial score (nSPS) is 10.5. The van der Waals surface area contributed by atoms with Gasteiger partial charge in [0.05, 0.1) is 0 Å². The summed E-state index contributed by atoms with van der Waals surface area (Å²) in [6.07, 6.45) is 2.69. The van der Waals surface area contributed by atoms with Crippen molar-refractivity contribution in [2.45, 2.75) is 33.1 Å². The van der Waals surface area contributed by atoms with E-state index < -0.39 is 23.4 Å². The molecular formula is C13H25N3O3. The van der Waals surface area contributed by atoms with Gasteiger partial charge < -0.3 is 16.4 Å². The molecule has 0 aliphatic rings. The zero-order valence-corrected chi connectivity index (χ0v) is 11.8. The van der Waals surface area contributed by atoms with E-state index in [-0.39, 0.29) is 0 Å². The summed E-state index contributed by atoms with van der Waals surface area (Å²) in [7, 11) is 0. The second-order valence-corrected chi connectivity index (χ2v) is 4.54. The van der Waals surface area contributed by atoms with Crippen molar-refractivity contribution < 1.29 is 14.4 Å². The van der Waals surface area contributed by atoms with Crippen LogP contribution in [0.5, 0.6) is 0 Å². The average molecular weight is 271 g/mol. The van der Waals surface area contributed by atoms with Gasteiger partial charge in [0.2, 0.25) is 5.91 Å². The fraction of sp³-hybridized carbons (Fsp3) is 0.769. The summed E-state index contributed by atoms with van der Waals surface area (Å²) < 4.78 is 0. The van der Waals surface area contributed by atoms with Crippen LogP contribution in [0.2, 0.25) is 0 Å². The highest BCUT2D eigenvalue weighted by Crippen LogP contribution is 2.00. The van der Waals surface area contributed by atoms with Gasteiger partial charge in [-0.15, -0.1) is 0 Å². The van der Waals surface area contributed by atoms with Crippen molar-refractivity contribution in [1.29, 1.82) is 0 Å². The van der Waals surface area contributed by atoms with Gasteiger partial charge in [0.1, 0.15) is 11.6 Å². The third-order valence-electron chi connectivity index (χ3n) is 2.71. The predicted molar refractivity (Wildman–Crippen MR) is 73.6 cm³/mol. The Bertz CT molecular complexity index is 292. The molecule has 0 spiro atoms. The number of rotatable bonds is 11. The Labute approximate surface area is 114 Å². The minimum atomic E-state index is -1.15. The first-order chi connectivity index (χ1) is 9.00. The molecule has 0 fully saturated rings. The van der Waals surface area contributed by atoms with Gasteiger partial charge in [0.25, 0.3) is 0 Å². The fourth-order valence-electron chi connectivity index (χ4n) is 1.70. The van der Waals surface area contributed by atoms with E-state index in [1.807, 2.05) is 0 Å². The number of nitrogens with one attached hydrogen (secondary N) is 2. The summed E-state index contributed by atoms with van der Waals surface area (Å²) in [5.74, 6) is -2.46. The van der Waals surface area contributed by atoms with Crippen LogP contribution >= 0.6 is 0 Å². The van der Waals surface area contributed by atoms with Crippen LogP contribution < -0.4 is 16.4 Å². The zero-order chi connectivity index (χ0) is 14.7. The fourth-order valence-corrected chi connectivity index (χ4v) is 1.70. The van der Waals surface area contributed by atoms with Crippen LogP contribution in [0.3, 0.4) is 0 Å². The Morgan fingerprint density at radius 1 is 0.947 bits per heavy atom. The van der Waals surface area contributed by atoms with Crippen molar-refractivity contribution in [1.82, 2.24) is 10.6 Å². The molecule has 0 saturated heterocycles. The largest absolute Gasteiger partial charge is 0.355 e. The van der Waals surface area contributed by atoms with Crippen LogP contribution in [0.15, 0.2) is 0 Å². The van der Waals surface area contributed by atoms with E-state index in [1.54, 1.807) is 0 Å². The lowest BCUT2D eigenvalue weighted by atomic mass is 10.00. The molecule has 0 aromatic rings. The van der Waals surface area contributed by atoms with Crippen molar-refractivity contribution in [3.05, 3.63) is 0 Å². The van der Waals surface area contributed by atoms with E-state index in [1.165, 1.54) is 13.8 Å². The number of nitrogens with two attached hydrogens (primary N) is 1. The van der Waals surface area contributed by atoms with E-state index in [2.05, 4.69) is 10.6 Å². The highest BCUT2D eigenvalue weighted by molar-refractivity contribution is 6.17. The maximum absolute atomic E-state index is 11.6. The molecule has 6 heteroatoms. The lowest BCUT2D eigenvalue weighted by molar-refractivity contribution is -0.139. The molecule has 0 rings (SSSR count). The Morgan fingerprint density at radius 2 is 1.47 bits per heavy atom. The van der Waals surface area contributed by atoms with Crippen LogP contribution in [0.4, 0.5) is 0 Å². The van der Waals surface area contributed by atoms with Gasteiger partial charge in [-0.1, -0.05) is 0 Å². The monoisotopic (exact) mass is 271 g/mol. The number of hydrogen-bond acceptors (Lipinski definition) is 5. The lowest BCUT2D eigenvalue weighted by Crippen LogP contribution is -2.39. The van der Waals surface area contributed by atoms with Gasteiger partial charge in [0.15, 0.2) is 5.92 Å². The minimum absolute atomic E-state index is 0.409. The van der Waals surface area contributed by atoms with Crippen LogP contribution in [0.1, 0.15) is 33.1 Å². The maximum Gasteiger partial charge on any atom is 0.238 e. The molecule has 0 aliphatic carbocycles. The topological polar surface area (TPSA) is 101 Å². The molecule has 0 unspecified atom stereocenters. The average Bonchev–Trinajstić information content (AvgIpc) is 2.31. The van der Waals surface area contributed by atoms with Crippen molar-refractivity contribution in [2.24, 2.45) is 11.7 Å². The van der Waals surface area contributed by atoms with Gasteiger partial charge in [-0.25, -0.2) is 0 Å². The van der Waals surface area contributed by atoms with E-state index in [9.17, 15) is 14.4 Å². The molecule has 0 aromatic heterocycles. The molecule has 1 amide bonds. The van der Waals surface area contributed by atoms with Crippen molar-refractivity contribution >= 4 is 17.5 Å². The second kappa shape index (κ2) is 10.6. The molecule has 4 N–H and O–H groups in total. The third kappa shape index (κ3) is 8.45. The molecule has 0 saturated carbocycles. The van der Waals surface area contributed by atoms with Crippen LogP contribution in [0, 0.1) is 5.92 Å². The quantitative estimate of drug-likeness (QED) is 0.351.